The van der Waals surface area contributed by atoms with Crippen LogP contribution in [0.5, 0.6) is 0 Å². The molecule has 0 unspecified atom stereocenters. The first kappa shape index (κ1) is 23.4. The molecule has 2 saturated carbocycles. The molecule has 1 aromatic heterocycles. The molecule has 3 aliphatic rings. The third kappa shape index (κ3) is 4.78. The van der Waals surface area contributed by atoms with E-state index in [0.29, 0.717) is 25.5 Å². The highest BCUT2D eigenvalue weighted by Crippen LogP contribution is 2.46. The second-order valence-corrected chi connectivity index (χ2v) is 10.3. The summed E-state index contributed by atoms with van der Waals surface area (Å²) in [7, 11) is 0. The molecule has 2 heterocycles. The van der Waals surface area contributed by atoms with Crippen molar-refractivity contribution in [2.45, 2.75) is 62.1 Å². The Kier molecular flexibility index (Phi) is 5.83. The van der Waals surface area contributed by atoms with Crippen molar-refractivity contribution in [1.82, 2.24) is 20.9 Å². The van der Waals surface area contributed by atoms with Gasteiger partial charge in [0.05, 0.1) is 17.6 Å². The summed E-state index contributed by atoms with van der Waals surface area (Å²) in [5.41, 5.74) is -1.59. The first-order valence-corrected chi connectivity index (χ1v) is 12.0. The lowest BCUT2D eigenvalue weighted by Gasteiger charge is -2.31. The topological polar surface area (TPSA) is 127 Å². The normalized spacial score (nSPS) is 22.9. The van der Waals surface area contributed by atoms with Gasteiger partial charge in [-0.3, -0.25) is 14.9 Å². The number of rotatable bonds is 10. The molecule has 4 N–H and O–H groups in total. The molecule has 1 spiro atoms. The predicted octanol–water partition coefficient (Wildman–Crippen LogP) is 2.45. The fourth-order valence-corrected chi connectivity index (χ4v) is 5.11. The summed E-state index contributed by atoms with van der Waals surface area (Å²) in [5, 5.41) is 18.5. The lowest BCUT2D eigenvalue weighted by molar-refractivity contribution is -0.123. The van der Waals surface area contributed by atoms with Crippen LogP contribution in [0.1, 0.15) is 55.4 Å². The average molecular weight is 484 g/mol. The summed E-state index contributed by atoms with van der Waals surface area (Å²) in [5.74, 6) is -2.09. The van der Waals surface area contributed by atoms with Gasteiger partial charge >= 0.3 is 0 Å². The molecule has 8 nitrogen and oxygen atoms in total. The van der Waals surface area contributed by atoms with Gasteiger partial charge in [0.2, 0.25) is 5.91 Å². The second-order valence-electron chi connectivity index (χ2n) is 10.3. The number of aromatic amines is 1. The Labute approximate surface area is 200 Å². The lowest BCUT2D eigenvalue weighted by atomic mass is 9.91. The minimum absolute atomic E-state index is 0.000596. The van der Waals surface area contributed by atoms with Crippen LogP contribution in [0.25, 0.3) is 10.9 Å². The van der Waals surface area contributed by atoms with Crippen LogP contribution in [0.15, 0.2) is 18.2 Å². The Morgan fingerprint density at radius 2 is 2.06 bits per heavy atom. The number of carbonyl (C=O) groups is 3. The quantitative estimate of drug-likeness (QED) is 0.386. The van der Waals surface area contributed by atoms with Gasteiger partial charge in [-0.15, -0.1) is 0 Å². The number of fused-ring (bicyclic) bond motifs is 1. The average Bonchev–Trinajstić information content (AvgIpc) is 3.73. The van der Waals surface area contributed by atoms with Crippen molar-refractivity contribution in [3.63, 3.8) is 0 Å². The summed E-state index contributed by atoms with van der Waals surface area (Å²) >= 11 is 0. The van der Waals surface area contributed by atoms with Crippen molar-refractivity contribution in [3.8, 4) is 6.07 Å². The molecule has 2 amide bonds. The summed E-state index contributed by atoms with van der Waals surface area (Å²) in [4.78, 5) is 40.2. The van der Waals surface area contributed by atoms with Crippen molar-refractivity contribution in [2.75, 3.05) is 6.54 Å². The predicted molar refractivity (Wildman–Crippen MR) is 122 cm³/mol. The van der Waals surface area contributed by atoms with Gasteiger partial charge in [0.1, 0.15) is 29.2 Å². The molecule has 5 rings (SSSR count). The zero-order valence-electron chi connectivity index (χ0n) is 19.1. The van der Waals surface area contributed by atoms with Crippen LogP contribution in [0.4, 0.5) is 8.78 Å². The number of nitrogens with zero attached hydrogens (tertiary/aromatic N) is 1. The molecule has 10 heteroatoms. The SMILES string of the molecule is N#C[C@H](C[C@@H]1CC2(CC2)NC1=O)NC[C@@](C=O)(CC1CC1)NC(=O)c1cc2c(F)ccc(F)c2[nH]1. The van der Waals surface area contributed by atoms with Crippen LogP contribution in [-0.4, -0.2) is 46.7 Å². The van der Waals surface area contributed by atoms with Gasteiger partial charge < -0.3 is 20.4 Å². The molecule has 3 atom stereocenters. The van der Waals surface area contributed by atoms with Gasteiger partial charge in [-0.1, -0.05) is 12.8 Å². The van der Waals surface area contributed by atoms with Gasteiger partial charge in [-0.05, 0) is 56.2 Å². The van der Waals surface area contributed by atoms with Gasteiger partial charge in [-0.25, -0.2) is 8.78 Å². The Morgan fingerprint density at radius 3 is 2.66 bits per heavy atom. The molecule has 1 saturated heterocycles. The number of H-pyrrole nitrogens is 1. The highest BCUT2D eigenvalue weighted by Gasteiger charge is 2.52. The zero-order chi connectivity index (χ0) is 24.8. The molecule has 0 radical (unpaired) electrons. The first-order chi connectivity index (χ1) is 16.8. The van der Waals surface area contributed by atoms with Gasteiger partial charge in [0.25, 0.3) is 5.91 Å². The number of benzene rings is 1. The van der Waals surface area contributed by atoms with E-state index in [2.05, 4.69) is 27.0 Å². The van der Waals surface area contributed by atoms with Crippen LogP contribution in [0.3, 0.4) is 0 Å². The number of hydrogen-bond donors (Lipinski definition) is 4. The lowest BCUT2D eigenvalue weighted by Crippen LogP contribution is -2.58. The molecular formula is C25H27F2N5O3. The van der Waals surface area contributed by atoms with Gasteiger partial charge in [-0.2, -0.15) is 5.26 Å². The van der Waals surface area contributed by atoms with Crippen molar-refractivity contribution in [2.24, 2.45) is 11.8 Å². The van der Waals surface area contributed by atoms with Crippen LogP contribution in [-0.2, 0) is 9.59 Å². The largest absolute Gasteiger partial charge is 0.350 e. The summed E-state index contributed by atoms with van der Waals surface area (Å²) in [6.07, 6.45) is 5.85. The van der Waals surface area contributed by atoms with Crippen LogP contribution in [0.2, 0.25) is 0 Å². The molecule has 1 aliphatic heterocycles. The van der Waals surface area contributed by atoms with Crippen LogP contribution < -0.4 is 16.0 Å². The van der Waals surface area contributed by atoms with E-state index in [1.807, 2.05) is 0 Å². The fourth-order valence-electron chi connectivity index (χ4n) is 5.11. The number of aromatic nitrogens is 1. The Hall–Kier alpha value is -3.32. The number of nitrogens with one attached hydrogen (secondary N) is 4. The maximum Gasteiger partial charge on any atom is 0.268 e. The number of nitriles is 1. The van der Waals surface area contributed by atoms with E-state index >= 15 is 0 Å². The second kappa shape index (κ2) is 8.72. The maximum absolute atomic E-state index is 14.1. The minimum Gasteiger partial charge on any atom is -0.350 e. The first-order valence-electron chi connectivity index (χ1n) is 12.0. The molecule has 3 fully saturated rings. The van der Waals surface area contributed by atoms with Crippen molar-refractivity contribution >= 4 is 29.0 Å². The zero-order valence-corrected chi connectivity index (χ0v) is 19.1. The molecule has 2 aliphatic carbocycles. The van der Waals surface area contributed by atoms with Gasteiger partial charge in [0.15, 0.2) is 0 Å². The van der Waals surface area contributed by atoms with Crippen molar-refractivity contribution in [1.29, 1.82) is 5.26 Å². The van der Waals surface area contributed by atoms with Crippen LogP contribution in [0, 0.1) is 34.8 Å². The van der Waals surface area contributed by atoms with E-state index in [9.17, 15) is 28.4 Å². The van der Waals surface area contributed by atoms with E-state index in [0.717, 1.165) is 37.8 Å². The minimum atomic E-state index is -1.31. The van der Waals surface area contributed by atoms with E-state index in [-0.39, 0.29) is 46.4 Å². The van der Waals surface area contributed by atoms with E-state index in [1.54, 1.807) is 0 Å². The molecule has 2 aromatic rings. The number of hydrogen-bond acceptors (Lipinski definition) is 5. The number of aldehydes is 1. The third-order valence-corrected chi connectivity index (χ3v) is 7.46. The summed E-state index contributed by atoms with van der Waals surface area (Å²) in [6, 6.07) is 4.67. The Balaban J connectivity index is 1.29. The molecule has 35 heavy (non-hydrogen) atoms. The van der Waals surface area contributed by atoms with Crippen LogP contribution >= 0.6 is 0 Å². The van der Waals surface area contributed by atoms with E-state index in [4.69, 9.17) is 0 Å². The van der Waals surface area contributed by atoms with Gasteiger partial charge in [0, 0.05) is 23.4 Å². The highest BCUT2D eigenvalue weighted by molar-refractivity contribution is 5.99. The summed E-state index contributed by atoms with van der Waals surface area (Å²) < 4.78 is 28.1. The van der Waals surface area contributed by atoms with Crippen molar-refractivity contribution < 1.29 is 23.2 Å². The highest BCUT2D eigenvalue weighted by atomic mass is 19.1. The Bertz CT molecular complexity index is 1190. The molecular weight excluding hydrogens is 456 g/mol. The smallest absolute Gasteiger partial charge is 0.268 e. The number of carbonyl (C=O) groups excluding carboxylic acids is 3. The van der Waals surface area contributed by atoms with E-state index < -0.39 is 29.1 Å². The number of amides is 2. The maximum atomic E-state index is 14.1. The van der Waals surface area contributed by atoms with Crippen molar-refractivity contribution in [3.05, 3.63) is 35.5 Å². The Morgan fingerprint density at radius 1 is 1.31 bits per heavy atom. The standard InChI is InChI=1S/C25H27F2N5O3/c26-18-3-4-19(27)21-17(18)8-20(30-21)23(35)32-25(13-33,9-14-1-2-14)12-29-16(11-28)7-15-10-24(5-6-24)31-22(15)34/h3-4,8,13-16,29-30H,1-2,5-7,9-10,12H2,(H,31,34)(H,32,35)/t15-,16+,25-/m1/s1. The molecule has 1 aromatic carbocycles. The molecule has 0 bridgehead atoms. The number of halogens is 2. The molecule has 184 valence electrons. The fraction of sp³-hybridized carbons (Fsp3) is 0.520. The van der Waals surface area contributed by atoms with E-state index in [1.165, 1.54) is 6.07 Å². The third-order valence-electron chi connectivity index (χ3n) is 7.46. The monoisotopic (exact) mass is 483 g/mol. The summed E-state index contributed by atoms with van der Waals surface area (Å²) in [6.45, 7) is -0.000596.